The van der Waals surface area contributed by atoms with E-state index in [-0.39, 0.29) is 10.7 Å². The molecular weight excluding hydrogens is 390 g/mol. The van der Waals surface area contributed by atoms with Gasteiger partial charge in [0.1, 0.15) is 0 Å². The van der Waals surface area contributed by atoms with Crippen molar-refractivity contribution in [1.82, 2.24) is 14.1 Å². The molecule has 1 saturated heterocycles. The minimum Gasteiger partial charge on any atom is -0.379 e. The molecule has 0 atom stereocenters. The van der Waals surface area contributed by atoms with Crippen molar-refractivity contribution >= 4 is 33.5 Å². The van der Waals surface area contributed by atoms with Crippen LogP contribution in [-0.2, 0) is 21.3 Å². The first-order valence-electron chi connectivity index (χ1n) is 8.49. The maximum Gasteiger partial charge on any atom is 0.243 e. The molecule has 144 valence electrons. The maximum absolute atomic E-state index is 12.6. The smallest absolute Gasteiger partial charge is 0.243 e. The molecule has 2 aromatic rings. The molecule has 9 heteroatoms. The zero-order valence-corrected chi connectivity index (χ0v) is 16.2. The number of carbonyl (C=O) groups is 1. The highest BCUT2D eigenvalue weighted by atomic mass is 35.5. The summed E-state index contributed by atoms with van der Waals surface area (Å²) in [7, 11) is -3.56. The second-order valence-corrected chi connectivity index (χ2v) is 8.28. The standard InChI is InChI=1S/C18H20ClN3O4S/c19-7-8-21-14-15(13-20-21)1-6-18(23)16-2-4-17(5-3-16)27(24,25)22-9-11-26-12-10-22/h1-6,13-14H,7-12H2. The lowest BCUT2D eigenvalue weighted by Gasteiger charge is -2.26. The Morgan fingerprint density at radius 3 is 2.59 bits per heavy atom. The molecule has 0 aliphatic carbocycles. The molecule has 0 radical (unpaired) electrons. The third kappa shape index (κ3) is 4.84. The number of ketones is 1. The lowest BCUT2D eigenvalue weighted by molar-refractivity contribution is 0.0730. The number of hydrogen-bond acceptors (Lipinski definition) is 5. The van der Waals surface area contributed by atoms with Crippen molar-refractivity contribution in [2.24, 2.45) is 0 Å². The summed E-state index contributed by atoms with van der Waals surface area (Å²) in [5.74, 6) is 0.249. The minimum atomic E-state index is -3.56. The van der Waals surface area contributed by atoms with E-state index in [1.54, 1.807) is 23.2 Å². The lowest BCUT2D eigenvalue weighted by atomic mass is 10.1. The van der Waals surface area contributed by atoms with Gasteiger partial charge in [-0.3, -0.25) is 9.48 Å². The lowest BCUT2D eigenvalue weighted by Crippen LogP contribution is -2.40. The third-order valence-electron chi connectivity index (χ3n) is 4.14. The normalized spacial score (nSPS) is 16.0. The molecule has 3 rings (SSSR count). The van der Waals surface area contributed by atoms with Crippen molar-refractivity contribution in [3.05, 3.63) is 53.9 Å². The van der Waals surface area contributed by atoms with E-state index in [1.807, 2.05) is 0 Å². The van der Waals surface area contributed by atoms with Crippen molar-refractivity contribution in [2.75, 3.05) is 32.2 Å². The van der Waals surface area contributed by atoms with Gasteiger partial charge in [0, 0.05) is 36.3 Å². The van der Waals surface area contributed by atoms with Gasteiger partial charge in [0.25, 0.3) is 0 Å². The van der Waals surface area contributed by atoms with E-state index < -0.39 is 10.0 Å². The first kappa shape index (κ1) is 19.8. The number of carbonyl (C=O) groups excluding carboxylic acids is 1. The van der Waals surface area contributed by atoms with Gasteiger partial charge >= 0.3 is 0 Å². The summed E-state index contributed by atoms with van der Waals surface area (Å²) in [5, 5.41) is 4.13. The summed E-state index contributed by atoms with van der Waals surface area (Å²) in [4.78, 5) is 12.5. The van der Waals surface area contributed by atoms with Gasteiger partial charge in [-0.05, 0) is 36.4 Å². The fraction of sp³-hybridized carbons (Fsp3) is 0.333. The van der Waals surface area contributed by atoms with E-state index in [9.17, 15) is 13.2 Å². The van der Waals surface area contributed by atoms with Gasteiger partial charge in [0.05, 0.1) is 30.9 Å². The molecule has 0 unspecified atom stereocenters. The molecule has 1 aromatic heterocycles. The van der Waals surface area contributed by atoms with Crippen LogP contribution in [0.2, 0.25) is 0 Å². The number of morpholine rings is 1. The quantitative estimate of drug-likeness (QED) is 0.397. The predicted molar refractivity (Wildman–Crippen MR) is 102 cm³/mol. The Bertz CT molecular complexity index is 916. The van der Waals surface area contributed by atoms with Crippen LogP contribution in [0, 0.1) is 0 Å². The van der Waals surface area contributed by atoms with Crippen LogP contribution < -0.4 is 0 Å². The van der Waals surface area contributed by atoms with Crippen LogP contribution in [0.15, 0.2) is 47.6 Å². The zero-order chi connectivity index (χ0) is 19.3. The minimum absolute atomic E-state index is 0.173. The second kappa shape index (κ2) is 8.79. The highest BCUT2D eigenvalue weighted by molar-refractivity contribution is 7.89. The molecule has 1 aromatic carbocycles. The van der Waals surface area contributed by atoms with E-state index in [0.29, 0.717) is 44.3 Å². The molecule has 0 amide bonds. The monoisotopic (exact) mass is 409 g/mol. The van der Waals surface area contributed by atoms with E-state index in [2.05, 4.69) is 5.10 Å². The zero-order valence-electron chi connectivity index (χ0n) is 14.6. The number of aryl methyl sites for hydroxylation is 1. The van der Waals surface area contributed by atoms with Gasteiger partial charge in [0.15, 0.2) is 5.78 Å². The Balaban J connectivity index is 1.68. The Kier molecular flexibility index (Phi) is 6.43. The van der Waals surface area contributed by atoms with Crippen LogP contribution in [0.25, 0.3) is 6.08 Å². The molecule has 7 nitrogen and oxygen atoms in total. The summed E-state index contributed by atoms with van der Waals surface area (Å²) in [6.45, 7) is 2.05. The SMILES string of the molecule is O=C(C=Cc1cnn(CCCl)c1)c1ccc(S(=O)(=O)N2CCOCC2)cc1. The average Bonchev–Trinajstić information content (AvgIpc) is 3.15. The molecule has 2 heterocycles. The van der Waals surface area contributed by atoms with Crippen LogP contribution in [0.3, 0.4) is 0 Å². The molecule has 0 spiro atoms. The third-order valence-corrected chi connectivity index (χ3v) is 6.22. The van der Waals surface area contributed by atoms with Crippen LogP contribution in [0.4, 0.5) is 0 Å². The summed E-state index contributed by atoms with van der Waals surface area (Å²) >= 11 is 5.66. The van der Waals surface area contributed by atoms with Crippen LogP contribution >= 0.6 is 11.6 Å². The molecular formula is C18H20ClN3O4S. The number of hydrogen-bond donors (Lipinski definition) is 0. The van der Waals surface area contributed by atoms with Crippen molar-refractivity contribution < 1.29 is 17.9 Å². The highest BCUT2D eigenvalue weighted by Crippen LogP contribution is 2.18. The number of nitrogens with zero attached hydrogens (tertiary/aromatic N) is 3. The van der Waals surface area contributed by atoms with E-state index in [1.165, 1.54) is 34.6 Å². The molecule has 27 heavy (non-hydrogen) atoms. The van der Waals surface area contributed by atoms with Crippen molar-refractivity contribution in [1.29, 1.82) is 0 Å². The fourth-order valence-electron chi connectivity index (χ4n) is 2.67. The fourth-order valence-corrected chi connectivity index (χ4v) is 4.25. The van der Waals surface area contributed by atoms with Crippen LogP contribution in [0.1, 0.15) is 15.9 Å². The molecule has 0 bridgehead atoms. The number of ether oxygens (including phenoxy) is 1. The van der Waals surface area contributed by atoms with Gasteiger partial charge in [-0.2, -0.15) is 9.40 Å². The Morgan fingerprint density at radius 2 is 1.93 bits per heavy atom. The topological polar surface area (TPSA) is 81.5 Å². The molecule has 1 aliphatic rings. The van der Waals surface area contributed by atoms with Crippen LogP contribution in [-0.4, -0.2) is 60.5 Å². The first-order chi connectivity index (χ1) is 13.0. The predicted octanol–water partition coefficient (Wildman–Crippen LogP) is 2.04. The van der Waals surface area contributed by atoms with Gasteiger partial charge < -0.3 is 4.74 Å². The number of benzene rings is 1. The summed E-state index contributed by atoms with van der Waals surface area (Å²) in [5.41, 5.74) is 1.21. The maximum atomic E-state index is 12.6. The van der Waals surface area contributed by atoms with Crippen LogP contribution in [0.5, 0.6) is 0 Å². The Labute approximate surface area is 163 Å². The highest BCUT2D eigenvalue weighted by Gasteiger charge is 2.26. The number of aromatic nitrogens is 2. The number of halogens is 1. The molecule has 1 fully saturated rings. The van der Waals surface area contributed by atoms with E-state index in [0.717, 1.165) is 5.56 Å². The second-order valence-electron chi connectivity index (χ2n) is 5.96. The summed E-state index contributed by atoms with van der Waals surface area (Å²) in [6, 6.07) is 5.97. The summed E-state index contributed by atoms with van der Waals surface area (Å²) in [6.07, 6.45) is 6.55. The largest absolute Gasteiger partial charge is 0.379 e. The van der Waals surface area contributed by atoms with Gasteiger partial charge in [-0.25, -0.2) is 8.42 Å². The molecule has 0 saturated carbocycles. The Hall–Kier alpha value is -2.00. The van der Waals surface area contributed by atoms with E-state index >= 15 is 0 Å². The average molecular weight is 410 g/mol. The number of sulfonamides is 1. The van der Waals surface area contributed by atoms with Crippen molar-refractivity contribution in [3.63, 3.8) is 0 Å². The van der Waals surface area contributed by atoms with Gasteiger partial charge in [0.2, 0.25) is 10.0 Å². The number of alkyl halides is 1. The summed E-state index contributed by atoms with van der Waals surface area (Å²) < 4.78 is 33.5. The number of rotatable bonds is 7. The van der Waals surface area contributed by atoms with E-state index in [4.69, 9.17) is 16.3 Å². The Morgan fingerprint density at radius 1 is 1.22 bits per heavy atom. The number of allylic oxidation sites excluding steroid dienone is 1. The van der Waals surface area contributed by atoms with Crippen molar-refractivity contribution in [3.8, 4) is 0 Å². The molecule has 1 aliphatic heterocycles. The first-order valence-corrected chi connectivity index (χ1v) is 10.5. The van der Waals surface area contributed by atoms with Gasteiger partial charge in [-0.15, -0.1) is 11.6 Å². The molecule has 0 N–H and O–H groups in total. The van der Waals surface area contributed by atoms with Gasteiger partial charge in [-0.1, -0.05) is 0 Å². The van der Waals surface area contributed by atoms with Crippen molar-refractivity contribution in [2.45, 2.75) is 11.4 Å².